The maximum absolute atomic E-state index is 10.4. The summed E-state index contributed by atoms with van der Waals surface area (Å²) in [5, 5.41) is 10.4. The highest BCUT2D eigenvalue weighted by molar-refractivity contribution is 5.18. The van der Waals surface area contributed by atoms with Crippen LogP contribution in [-0.2, 0) is 14.2 Å². The van der Waals surface area contributed by atoms with E-state index in [9.17, 15) is 5.11 Å². The highest BCUT2D eigenvalue weighted by atomic mass is 16.7. The van der Waals surface area contributed by atoms with E-state index in [2.05, 4.69) is 6.58 Å². The normalized spacial score (nSPS) is 21.7. The Kier molecular flexibility index (Phi) is 6.89. The zero-order chi connectivity index (χ0) is 14.9. The molecule has 2 rings (SSSR count). The Labute approximate surface area is 126 Å². The molecule has 116 valence electrons. The molecule has 0 aliphatic carbocycles. The maximum atomic E-state index is 10.4. The van der Waals surface area contributed by atoms with E-state index in [-0.39, 0.29) is 12.9 Å². The summed E-state index contributed by atoms with van der Waals surface area (Å²) in [6.07, 6.45) is 3.25. The van der Waals surface area contributed by atoms with Crippen molar-refractivity contribution < 1.29 is 19.3 Å². The monoisotopic (exact) mass is 292 g/mol. The first-order valence-electron chi connectivity index (χ1n) is 7.50. The summed E-state index contributed by atoms with van der Waals surface area (Å²) in [5.74, 6) is 0. The van der Waals surface area contributed by atoms with Crippen LogP contribution in [0, 0.1) is 0 Å². The van der Waals surface area contributed by atoms with Crippen molar-refractivity contribution >= 4 is 0 Å². The van der Waals surface area contributed by atoms with E-state index in [0.29, 0.717) is 6.61 Å². The molecule has 0 radical (unpaired) electrons. The van der Waals surface area contributed by atoms with Gasteiger partial charge in [-0.05, 0) is 24.8 Å². The van der Waals surface area contributed by atoms with Crippen molar-refractivity contribution in [2.45, 2.75) is 37.8 Å². The lowest BCUT2D eigenvalue weighted by molar-refractivity contribution is -0.213. The van der Waals surface area contributed by atoms with Gasteiger partial charge < -0.3 is 19.3 Å². The van der Waals surface area contributed by atoms with E-state index in [1.54, 1.807) is 6.08 Å². The van der Waals surface area contributed by atoms with Gasteiger partial charge in [-0.2, -0.15) is 0 Å². The summed E-state index contributed by atoms with van der Waals surface area (Å²) in [4.78, 5) is 0. The lowest BCUT2D eigenvalue weighted by atomic mass is 10.0. The third kappa shape index (κ3) is 5.25. The molecule has 1 heterocycles. The molecule has 0 spiro atoms. The molecular formula is C17H24O4. The molecule has 0 saturated carbocycles. The van der Waals surface area contributed by atoms with Crippen LogP contribution in [0.2, 0.25) is 0 Å². The molecule has 1 aromatic carbocycles. The van der Waals surface area contributed by atoms with Crippen molar-refractivity contribution in [1.29, 1.82) is 0 Å². The number of hydrogen-bond acceptors (Lipinski definition) is 4. The van der Waals surface area contributed by atoms with E-state index in [0.717, 1.165) is 31.4 Å². The van der Waals surface area contributed by atoms with Crippen LogP contribution in [0.3, 0.4) is 0 Å². The van der Waals surface area contributed by atoms with Crippen molar-refractivity contribution in [2.24, 2.45) is 0 Å². The van der Waals surface area contributed by atoms with Gasteiger partial charge in [-0.3, -0.25) is 0 Å². The van der Waals surface area contributed by atoms with Gasteiger partial charge in [0.15, 0.2) is 6.29 Å². The van der Waals surface area contributed by atoms with Crippen molar-refractivity contribution in [3.8, 4) is 0 Å². The van der Waals surface area contributed by atoms with Gasteiger partial charge in [0.05, 0.1) is 13.2 Å². The van der Waals surface area contributed by atoms with Crippen molar-refractivity contribution in [1.82, 2.24) is 0 Å². The largest absolute Gasteiger partial charge is 0.388 e. The van der Waals surface area contributed by atoms with Crippen molar-refractivity contribution in [3.05, 3.63) is 48.6 Å². The number of aliphatic hydroxyl groups is 1. The fourth-order valence-corrected chi connectivity index (χ4v) is 2.38. The number of ether oxygens (including phenoxy) is 3. The van der Waals surface area contributed by atoms with Crippen LogP contribution >= 0.6 is 0 Å². The predicted molar refractivity (Wildman–Crippen MR) is 80.9 cm³/mol. The first kappa shape index (κ1) is 16.2. The fourth-order valence-electron chi connectivity index (χ4n) is 2.38. The summed E-state index contributed by atoms with van der Waals surface area (Å²) >= 11 is 0. The maximum Gasteiger partial charge on any atom is 0.158 e. The standard InChI is InChI=1S/C17H24O4/c1-2-11-19-13-15(18)17(14-8-4-3-5-9-14)21-16-10-6-7-12-20-16/h2-5,8-9,15-18H,1,6-7,10-13H2. The van der Waals surface area contributed by atoms with Gasteiger partial charge in [0.25, 0.3) is 0 Å². The Bertz CT molecular complexity index is 401. The number of aliphatic hydroxyl groups excluding tert-OH is 1. The molecule has 3 atom stereocenters. The average molecular weight is 292 g/mol. The minimum Gasteiger partial charge on any atom is -0.388 e. The molecule has 0 amide bonds. The van der Waals surface area contributed by atoms with E-state index in [1.165, 1.54) is 0 Å². The molecule has 1 saturated heterocycles. The SMILES string of the molecule is C=CCOCC(O)C(OC1CCCCO1)c1ccccc1. The lowest BCUT2D eigenvalue weighted by Gasteiger charge is -2.30. The molecule has 1 aromatic rings. The molecule has 1 fully saturated rings. The summed E-state index contributed by atoms with van der Waals surface area (Å²) in [7, 11) is 0. The van der Waals surface area contributed by atoms with Gasteiger partial charge in [-0.15, -0.1) is 6.58 Å². The third-order valence-corrected chi connectivity index (χ3v) is 3.44. The molecule has 1 aliphatic rings. The Hall–Kier alpha value is -1.20. The van der Waals surface area contributed by atoms with Crippen LogP contribution in [0.25, 0.3) is 0 Å². The number of benzene rings is 1. The lowest BCUT2D eigenvalue weighted by Crippen LogP contribution is -2.32. The molecule has 1 aliphatic heterocycles. The van der Waals surface area contributed by atoms with Crippen LogP contribution in [0.4, 0.5) is 0 Å². The summed E-state index contributed by atoms with van der Waals surface area (Å²) in [6, 6.07) is 9.71. The van der Waals surface area contributed by atoms with E-state index >= 15 is 0 Å². The Balaban J connectivity index is 2.00. The molecule has 1 N–H and O–H groups in total. The van der Waals surface area contributed by atoms with Crippen LogP contribution in [0.5, 0.6) is 0 Å². The summed E-state index contributed by atoms with van der Waals surface area (Å²) in [5.41, 5.74) is 0.932. The highest BCUT2D eigenvalue weighted by Crippen LogP contribution is 2.27. The van der Waals surface area contributed by atoms with Crippen LogP contribution < -0.4 is 0 Å². The highest BCUT2D eigenvalue weighted by Gasteiger charge is 2.27. The Morgan fingerprint density at radius 2 is 2.14 bits per heavy atom. The Morgan fingerprint density at radius 3 is 2.81 bits per heavy atom. The smallest absolute Gasteiger partial charge is 0.158 e. The quantitative estimate of drug-likeness (QED) is 0.591. The van der Waals surface area contributed by atoms with Gasteiger partial charge >= 0.3 is 0 Å². The van der Waals surface area contributed by atoms with Gasteiger partial charge in [0, 0.05) is 6.61 Å². The predicted octanol–water partition coefficient (Wildman–Crippen LogP) is 2.83. The number of hydrogen-bond donors (Lipinski definition) is 1. The number of rotatable bonds is 8. The first-order chi connectivity index (χ1) is 10.3. The Morgan fingerprint density at radius 1 is 1.33 bits per heavy atom. The minimum atomic E-state index is -0.738. The first-order valence-corrected chi connectivity index (χ1v) is 7.50. The van der Waals surface area contributed by atoms with Gasteiger partial charge in [-0.25, -0.2) is 0 Å². The van der Waals surface area contributed by atoms with Crippen molar-refractivity contribution in [2.75, 3.05) is 19.8 Å². The summed E-state index contributed by atoms with van der Waals surface area (Å²) < 4.78 is 17.0. The van der Waals surface area contributed by atoms with Crippen LogP contribution in [-0.4, -0.2) is 37.3 Å². The second-order valence-electron chi connectivity index (χ2n) is 5.16. The molecular weight excluding hydrogens is 268 g/mol. The van der Waals surface area contributed by atoms with E-state index in [1.807, 2.05) is 30.3 Å². The molecule has 4 nitrogen and oxygen atoms in total. The zero-order valence-corrected chi connectivity index (χ0v) is 12.3. The minimum absolute atomic E-state index is 0.207. The van der Waals surface area contributed by atoms with Crippen molar-refractivity contribution in [3.63, 3.8) is 0 Å². The van der Waals surface area contributed by atoms with Gasteiger partial charge in [-0.1, -0.05) is 36.4 Å². The fraction of sp³-hybridized carbons (Fsp3) is 0.529. The average Bonchev–Trinajstić information content (AvgIpc) is 2.54. The zero-order valence-electron chi connectivity index (χ0n) is 12.3. The molecule has 21 heavy (non-hydrogen) atoms. The second-order valence-corrected chi connectivity index (χ2v) is 5.16. The summed E-state index contributed by atoms with van der Waals surface area (Å²) in [6.45, 7) is 4.94. The van der Waals surface area contributed by atoms with Crippen LogP contribution in [0.1, 0.15) is 30.9 Å². The topological polar surface area (TPSA) is 47.9 Å². The molecule has 3 unspecified atom stereocenters. The molecule has 4 heteroatoms. The van der Waals surface area contributed by atoms with E-state index < -0.39 is 12.2 Å². The molecule has 0 bridgehead atoms. The van der Waals surface area contributed by atoms with E-state index in [4.69, 9.17) is 14.2 Å². The third-order valence-electron chi connectivity index (χ3n) is 3.44. The van der Waals surface area contributed by atoms with Crippen LogP contribution in [0.15, 0.2) is 43.0 Å². The second kappa shape index (κ2) is 8.95. The van der Waals surface area contributed by atoms with Gasteiger partial charge in [0.1, 0.15) is 12.2 Å². The van der Waals surface area contributed by atoms with Gasteiger partial charge in [0.2, 0.25) is 0 Å². The molecule has 0 aromatic heterocycles.